The number of amides is 2. The molecule has 1 aliphatic heterocycles. The molecule has 1 aromatic carbocycles. The average molecular weight is 307 g/mol. The van der Waals surface area contributed by atoms with Crippen LogP contribution in [0.25, 0.3) is 0 Å². The van der Waals surface area contributed by atoms with Gasteiger partial charge in [0.1, 0.15) is 0 Å². The molecule has 2 N–H and O–H groups in total. The van der Waals surface area contributed by atoms with E-state index in [-0.39, 0.29) is 18.4 Å². The number of carbonyl (C=O) groups is 2. The van der Waals surface area contributed by atoms with E-state index >= 15 is 0 Å². The molecule has 5 nitrogen and oxygen atoms in total. The molecule has 0 radical (unpaired) electrons. The molecule has 0 unspecified atom stereocenters. The maximum Gasteiger partial charge on any atom is 0.253 e. The second-order valence-electron chi connectivity index (χ2n) is 5.01. The van der Waals surface area contributed by atoms with Crippen LogP contribution in [0.1, 0.15) is 15.9 Å². The van der Waals surface area contributed by atoms with Gasteiger partial charge in [0.25, 0.3) is 5.91 Å². The molecule has 0 spiro atoms. The summed E-state index contributed by atoms with van der Waals surface area (Å²) in [6.07, 6.45) is 0. The van der Waals surface area contributed by atoms with Crippen LogP contribution in [-0.4, -0.2) is 54.9 Å². The van der Waals surface area contributed by atoms with Crippen molar-refractivity contribution in [2.24, 2.45) is 0 Å². The van der Waals surface area contributed by atoms with Crippen LogP contribution in [0.4, 0.5) is 5.69 Å². The van der Waals surface area contributed by atoms with Crippen LogP contribution in [0.3, 0.4) is 0 Å². The van der Waals surface area contributed by atoms with Crippen LogP contribution in [0.15, 0.2) is 18.2 Å². The van der Waals surface area contributed by atoms with Gasteiger partial charge >= 0.3 is 0 Å². The van der Waals surface area contributed by atoms with Gasteiger partial charge in [0, 0.05) is 35.8 Å². The van der Waals surface area contributed by atoms with Crippen molar-refractivity contribution in [2.75, 3.05) is 43.5 Å². The van der Waals surface area contributed by atoms with E-state index in [4.69, 9.17) is 0 Å². The van der Waals surface area contributed by atoms with Crippen LogP contribution in [0.2, 0.25) is 0 Å². The number of thioether (sulfide) groups is 1. The highest BCUT2D eigenvalue weighted by atomic mass is 32.2. The summed E-state index contributed by atoms with van der Waals surface area (Å²) in [7, 11) is 1.72. The van der Waals surface area contributed by atoms with Gasteiger partial charge in [0.2, 0.25) is 5.91 Å². The molecule has 114 valence electrons. The highest BCUT2D eigenvalue weighted by Gasteiger charge is 2.19. The van der Waals surface area contributed by atoms with Gasteiger partial charge in [-0.05, 0) is 31.7 Å². The Morgan fingerprint density at radius 1 is 1.29 bits per heavy atom. The Kier molecular flexibility index (Phi) is 5.64. The normalized spacial score (nSPS) is 14.9. The molecular weight excluding hydrogens is 286 g/mol. The van der Waals surface area contributed by atoms with Crippen LogP contribution in [-0.2, 0) is 4.79 Å². The maximum atomic E-state index is 12.5. The number of benzene rings is 1. The molecule has 0 bridgehead atoms. The first-order valence-electron chi connectivity index (χ1n) is 7.04. The summed E-state index contributed by atoms with van der Waals surface area (Å²) >= 11 is 1.87. The smallest absolute Gasteiger partial charge is 0.253 e. The minimum Gasteiger partial charge on any atom is -0.337 e. The lowest BCUT2D eigenvalue weighted by atomic mass is 10.1. The van der Waals surface area contributed by atoms with E-state index < -0.39 is 0 Å². The topological polar surface area (TPSA) is 61.4 Å². The fraction of sp³-hybridized carbons (Fsp3) is 0.467. The molecule has 2 amide bonds. The zero-order valence-corrected chi connectivity index (χ0v) is 13.3. The quantitative estimate of drug-likeness (QED) is 0.881. The number of nitrogens with zero attached hydrogens (tertiary/aromatic N) is 1. The van der Waals surface area contributed by atoms with Crippen LogP contribution in [0, 0.1) is 6.92 Å². The van der Waals surface area contributed by atoms with E-state index in [1.807, 2.05) is 35.7 Å². The molecule has 0 atom stereocenters. The van der Waals surface area contributed by atoms with Gasteiger partial charge in [0.05, 0.1) is 6.54 Å². The highest BCUT2D eigenvalue weighted by molar-refractivity contribution is 7.99. The molecule has 2 rings (SSSR count). The summed E-state index contributed by atoms with van der Waals surface area (Å²) in [6, 6.07) is 5.47. The zero-order valence-electron chi connectivity index (χ0n) is 12.4. The first-order valence-corrected chi connectivity index (χ1v) is 8.19. The van der Waals surface area contributed by atoms with Gasteiger partial charge in [0.15, 0.2) is 0 Å². The van der Waals surface area contributed by atoms with Crippen molar-refractivity contribution in [3.8, 4) is 0 Å². The van der Waals surface area contributed by atoms with Crippen molar-refractivity contribution < 1.29 is 9.59 Å². The summed E-state index contributed by atoms with van der Waals surface area (Å²) in [5, 5.41) is 5.64. The molecule has 0 aromatic heterocycles. The predicted octanol–water partition coefficient (Wildman–Crippen LogP) is 1.34. The van der Waals surface area contributed by atoms with Crippen LogP contribution < -0.4 is 10.6 Å². The van der Waals surface area contributed by atoms with E-state index in [1.165, 1.54) is 0 Å². The lowest BCUT2D eigenvalue weighted by Crippen LogP contribution is -2.37. The third-order valence-electron chi connectivity index (χ3n) is 3.39. The van der Waals surface area contributed by atoms with Crippen molar-refractivity contribution in [3.05, 3.63) is 29.3 Å². The standard InChI is InChI=1S/C15H21N3O2S/c1-11-3-4-12(9-13(11)17-14(19)10-16-2)15(20)18-5-7-21-8-6-18/h3-4,9,16H,5-8,10H2,1-2H3,(H,17,19). The molecule has 21 heavy (non-hydrogen) atoms. The summed E-state index contributed by atoms with van der Waals surface area (Å²) in [5.74, 6) is 1.91. The summed E-state index contributed by atoms with van der Waals surface area (Å²) in [4.78, 5) is 26.0. The molecule has 1 aliphatic rings. The van der Waals surface area contributed by atoms with E-state index in [9.17, 15) is 9.59 Å². The van der Waals surface area contributed by atoms with Crippen molar-refractivity contribution >= 4 is 29.3 Å². The third-order valence-corrected chi connectivity index (χ3v) is 4.34. The fourth-order valence-electron chi connectivity index (χ4n) is 2.19. The molecule has 1 heterocycles. The predicted molar refractivity (Wildman–Crippen MR) is 87.0 cm³/mol. The fourth-order valence-corrected chi connectivity index (χ4v) is 3.10. The number of carbonyl (C=O) groups excluding carboxylic acids is 2. The van der Waals surface area contributed by atoms with E-state index in [0.29, 0.717) is 11.3 Å². The summed E-state index contributed by atoms with van der Waals surface area (Å²) < 4.78 is 0. The third kappa shape index (κ3) is 4.22. The maximum absolute atomic E-state index is 12.5. The van der Waals surface area contributed by atoms with Crippen molar-refractivity contribution in [2.45, 2.75) is 6.92 Å². The van der Waals surface area contributed by atoms with Gasteiger partial charge in [-0.2, -0.15) is 11.8 Å². The largest absolute Gasteiger partial charge is 0.337 e. The molecule has 1 aromatic rings. The number of hydrogen-bond donors (Lipinski definition) is 2. The van der Waals surface area contributed by atoms with Gasteiger partial charge in [-0.25, -0.2) is 0 Å². The highest BCUT2D eigenvalue weighted by Crippen LogP contribution is 2.19. The second-order valence-corrected chi connectivity index (χ2v) is 6.24. The zero-order chi connectivity index (χ0) is 15.2. The van der Waals surface area contributed by atoms with E-state index in [0.717, 1.165) is 30.2 Å². The number of aryl methyl sites for hydroxylation is 1. The summed E-state index contributed by atoms with van der Waals surface area (Å²) in [5.41, 5.74) is 2.28. The number of nitrogens with one attached hydrogen (secondary N) is 2. The van der Waals surface area contributed by atoms with Crippen molar-refractivity contribution in [3.63, 3.8) is 0 Å². The lowest BCUT2D eigenvalue weighted by molar-refractivity contribution is -0.115. The second kappa shape index (κ2) is 7.47. The van der Waals surface area contributed by atoms with Crippen LogP contribution >= 0.6 is 11.8 Å². The summed E-state index contributed by atoms with van der Waals surface area (Å²) in [6.45, 7) is 3.75. The Labute approximate surface area is 129 Å². The molecule has 1 fully saturated rings. The van der Waals surface area contributed by atoms with Gasteiger partial charge in [-0.3, -0.25) is 9.59 Å². The van der Waals surface area contributed by atoms with Gasteiger partial charge in [-0.15, -0.1) is 0 Å². The van der Waals surface area contributed by atoms with E-state index in [2.05, 4.69) is 10.6 Å². The minimum atomic E-state index is -0.112. The Morgan fingerprint density at radius 3 is 2.67 bits per heavy atom. The Balaban J connectivity index is 2.13. The Morgan fingerprint density at radius 2 is 2.00 bits per heavy atom. The van der Waals surface area contributed by atoms with Gasteiger partial charge < -0.3 is 15.5 Å². The molecule has 1 saturated heterocycles. The van der Waals surface area contributed by atoms with Crippen molar-refractivity contribution in [1.82, 2.24) is 10.2 Å². The number of rotatable bonds is 4. The van der Waals surface area contributed by atoms with Crippen molar-refractivity contribution in [1.29, 1.82) is 0 Å². The average Bonchev–Trinajstić information content (AvgIpc) is 2.50. The Hall–Kier alpha value is -1.53. The Bertz CT molecular complexity index is 528. The lowest BCUT2D eigenvalue weighted by Gasteiger charge is -2.26. The van der Waals surface area contributed by atoms with Crippen LogP contribution in [0.5, 0.6) is 0 Å². The number of likely N-dealkylation sites (N-methyl/N-ethyl adjacent to an activating group) is 1. The first kappa shape index (κ1) is 15.9. The molecule has 0 aliphatic carbocycles. The van der Waals surface area contributed by atoms with E-state index in [1.54, 1.807) is 13.1 Å². The minimum absolute atomic E-state index is 0.0411. The molecule has 0 saturated carbocycles. The van der Waals surface area contributed by atoms with Gasteiger partial charge in [-0.1, -0.05) is 6.07 Å². The molecule has 6 heteroatoms. The number of hydrogen-bond acceptors (Lipinski definition) is 4. The first-order chi connectivity index (χ1) is 10.1. The molecular formula is C15H21N3O2S. The monoisotopic (exact) mass is 307 g/mol. The SMILES string of the molecule is CNCC(=O)Nc1cc(C(=O)N2CCSCC2)ccc1C. The number of anilines is 1.